The van der Waals surface area contributed by atoms with Gasteiger partial charge in [0, 0.05) is 12.1 Å². The van der Waals surface area contributed by atoms with Gasteiger partial charge in [-0.3, -0.25) is 4.90 Å². The Balaban J connectivity index is 4.71. The van der Waals surface area contributed by atoms with Gasteiger partial charge in [0.2, 0.25) is 0 Å². The Morgan fingerprint density at radius 3 is 1.64 bits per heavy atom. The molecule has 0 radical (unpaired) electrons. The predicted octanol–water partition coefficient (Wildman–Crippen LogP) is 3.00. The van der Waals surface area contributed by atoms with Gasteiger partial charge in [0.05, 0.1) is 0 Å². The highest BCUT2D eigenvalue weighted by molar-refractivity contribution is 4.82. The highest BCUT2D eigenvalue weighted by atomic mass is 16.3. The summed E-state index contributed by atoms with van der Waals surface area (Å²) in [7, 11) is 0. The van der Waals surface area contributed by atoms with Gasteiger partial charge < -0.3 is 5.11 Å². The zero-order valence-corrected chi connectivity index (χ0v) is 10.7. The molecule has 2 heteroatoms. The molecule has 0 fully saturated rings. The van der Waals surface area contributed by atoms with Gasteiger partial charge in [-0.05, 0) is 40.0 Å². The third kappa shape index (κ3) is 3.25. The van der Waals surface area contributed by atoms with Crippen LogP contribution in [-0.4, -0.2) is 27.8 Å². The van der Waals surface area contributed by atoms with Crippen LogP contribution in [0.25, 0.3) is 0 Å². The zero-order chi connectivity index (χ0) is 11.4. The first-order valence-corrected chi connectivity index (χ1v) is 5.91. The van der Waals surface area contributed by atoms with Crippen LogP contribution in [0.4, 0.5) is 0 Å². The lowest BCUT2D eigenvalue weighted by Gasteiger charge is -2.44. The van der Waals surface area contributed by atoms with E-state index < -0.39 is 5.72 Å². The number of nitrogens with zero attached hydrogens (tertiary/aromatic N) is 1. The van der Waals surface area contributed by atoms with Crippen molar-refractivity contribution in [1.82, 2.24) is 4.90 Å². The van der Waals surface area contributed by atoms with Crippen molar-refractivity contribution in [1.29, 1.82) is 0 Å². The van der Waals surface area contributed by atoms with E-state index >= 15 is 0 Å². The largest absolute Gasteiger partial charge is 0.376 e. The second kappa shape index (κ2) is 5.72. The van der Waals surface area contributed by atoms with Crippen LogP contribution in [0.15, 0.2) is 0 Å². The van der Waals surface area contributed by atoms with Gasteiger partial charge in [0.25, 0.3) is 0 Å². The molecule has 0 saturated carbocycles. The molecule has 1 N–H and O–H groups in total. The first kappa shape index (κ1) is 13.9. The van der Waals surface area contributed by atoms with E-state index in [1.165, 1.54) is 0 Å². The highest BCUT2D eigenvalue weighted by Gasteiger charge is 2.33. The molecule has 0 amide bonds. The fourth-order valence-corrected chi connectivity index (χ4v) is 1.96. The lowest BCUT2D eigenvalue weighted by atomic mass is 10.0. The lowest BCUT2D eigenvalue weighted by molar-refractivity contribution is -0.134. The molecular weight excluding hydrogens is 174 g/mol. The van der Waals surface area contributed by atoms with E-state index in [9.17, 15) is 5.11 Å². The van der Waals surface area contributed by atoms with Crippen molar-refractivity contribution in [2.24, 2.45) is 0 Å². The number of aliphatic hydroxyl groups is 1. The van der Waals surface area contributed by atoms with Crippen molar-refractivity contribution in [3.05, 3.63) is 0 Å². The van der Waals surface area contributed by atoms with E-state index in [2.05, 4.69) is 32.6 Å². The Morgan fingerprint density at radius 2 is 1.43 bits per heavy atom. The number of rotatable bonds is 6. The molecule has 0 rings (SSSR count). The first-order chi connectivity index (χ1) is 6.40. The van der Waals surface area contributed by atoms with Crippen molar-refractivity contribution in [2.75, 3.05) is 0 Å². The molecule has 0 aliphatic rings. The summed E-state index contributed by atoms with van der Waals surface area (Å²) in [6, 6.07) is 0.889. The fraction of sp³-hybridized carbons (Fsp3) is 1.00. The first-order valence-electron chi connectivity index (χ1n) is 5.91. The smallest absolute Gasteiger partial charge is 0.115 e. The minimum atomic E-state index is -0.662. The molecule has 2 nitrogen and oxygen atoms in total. The van der Waals surface area contributed by atoms with Gasteiger partial charge >= 0.3 is 0 Å². The summed E-state index contributed by atoms with van der Waals surface area (Å²) in [5.41, 5.74) is -0.662. The SMILES string of the molecule is CCC(C)N(C(C)CC)C(C)(O)CC. The molecule has 0 spiro atoms. The maximum atomic E-state index is 10.3. The van der Waals surface area contributed by atoms with Crippen LogP contribution in [0, 0.1) is 0 Å². The number of hydrogen-bond acceptors (Lipinski definition) is 2. The second-order valence-corrected chi connectivity index (χ2v) is 4.49. The quantitative estimate of drug-likeness (QED) is 0.668. The molecule has 0 bridgehead atoms. The van der Waals surface area contributed by atoms with Crippen molar-refractivity contribution >= 4 is 0 Å². The molecular formula is C12H27NO. The molecule has 0 aromatic heterocycles. The molecule has 0 aromatic rings. The highest BCUT2D eigenvalue weighted by Crippen LogP contribution is 2.24. The molecule has 3 atom stereocenters. The molecule has 0 saturated heterocycles. The van der Waals surface area contributed by atoms with E-state index in [0.717, 1.165) is 19.3 Å². The van der Waals surface area contributed by atoms with Crippen molar-refractivity contribution in [3.8, 4) is 0 Å². The van der Waals surface area contributed by atoms with Gasteiger partial charge in [0.1, 0.15) is 5.72 Å². The zero-order valence-electron chi connectivity index (χ0n) is 10.7. The average Bonchev–Trinajstić information content (AvgIpc) is 2.17. The Morgan fingerprint density at radius 1 is 1.07 bits per heavy atom. The van der Waals surface area contributed by atoms with E-state index in [1.54, 1.807) is 0 Å². The van der Waals surface area contributed by atoms with Crippen molar-refractivity contribution < 1.29 is 5.11 Å². The third-order valence-corrected chi connectivity index (χ3v) is 3.36. The summed E-state index contributed by atoms with van der Waals surface area (Å²) in [5.74, 6) is 0. The Labute approximate surface area is 89.3 Å². The predicted molar refractivity (Wildman–Crippen MR) is 62.3 cm³/mol. The van der Waals surface area contributed by atoms with E-state index in [0.29, 0.717) is 12.1 Å². The van der Waals surface area contributed by atoms with Crippen LogP contribution >= 0.6 is 0 Å². The summed E-state index contributed by atoms with van der Waals surface area (Å²) in [5, 5.41) is 10.3. The maximum Gasteiger partial charge on any atom is 0.115 e. The summed E-state index contributed by atoms with van der Waals surface area (Å²) < 4.78 is 0. The molecule has 0 aromatic carbocycles. The molecule has 0 heterocycles. The topological polar surface area (TPSA) is 23.5 Å². The van der Waals surface area contributed by atoms with Crippen LogP contribution in [0.5, 0.6) is 0 Å². The summed E-state index contributed by atoms with van der Waals surface area (Å²) >= 11 is 0. The fourth-order valence-electron chi connectivity index (χ4n) is 1.96. The van der Waals surface area contributed by atoms with E-state index in [1.807, 2.05) is 13.8 Å². The van der Waals surface area contributed by atoms with Crippen LogP contribution < -0.4 is 0 Å². The van der Waals surface area contributed by atoms with Gasteiger partial charge in [-0.1, -0.05) is 20.8 Å². The van der Waals surface area contributed by atoms with Crippen molar-refractivity contribution in [2.45, 2.75) is 78.6 Å². The van der Waals surface area contributed by atoms with Crippen LogP contribution in [0.1, 0.15) is 60.8 Å². The molecule has 86 valence electrons. The van der Waals surface area contributed by atoms with Crippen LogP contribution in [0.3, 0.4) is 0 Å². The van der Waals surface area contributed by atoms with Crippen LogP contribution in [0.2, 0.25) is 0 Å². The molecule has 14 heavy (non-hydrogen) atoms. The molecule has 3 unspecified atom stereocenters. The minimum absolute atomic E-state index is 0.444. The standard InChI is InChI=1S/C12H27NO/c1-7-10(4)13(11(5)8-2)12(6,14)9-3/h10-11,14H,7-9H2,1-6H3. The summed E-state index contributed by atoms with van der Waals surface area (Å²) in [6.07, 6.45) is 2.95. The Bertz CT molecular complexity index is 146. The summed E-state index contributed by atoms with van der Waals surface area (Å²) in [4.78, 5) is 2.24. The molecule has 0 aliphatic heterocycles. The Hall–Kier alpha value is -0.0800. The maximum absolute atomic E-state index is 10.3. The van der Waals surface area contributed by atoms with Gasteiger partial charge in [-0.15, -0.1) is 0 Å². The van der Waals surface area contributed by atoms with Crippen molar-refractivity contribution in [3.63, 3.8) is 0 Å². The normalized spacial score (nSPS) is 20.6. The van der Waals surface area contributed by atoms with Crippen LogP contribution in [-0.2, 0) is 0 Å². The number of hydrogen-bond donors (Lipinski definition) is 1. The van der Waals surface area contributed by atoms with Gasteiger partial charge in [-0.25, -0.2) is 0 Å². The monoisotopic (exact) mass is 201 g/mol. The minimum Gasteiger partial charge on any atom is -0.376 e. The second-order valence-electron chi connectivity index (χ2n) is 4.49. The third-order valence-electron chi connectivity index (χ3n) is 3.36. The lowest BCUT2D eigenvalue weighted by Crippen LogP contribution is -2.54. The molecule has 0 aliphatic carbocycles. The van der Waals surface area contributed by atoms with Gasteiger partial charge in [-0.2, -0.15) is 0 Å². The van der Waals surface area contributed by atoms with E-state index in [4.69, 9.17) is 0 Å². The summed E-state index contributed by atoms with van der Waals surface area (Å²) in [6.45, 7) is 12.7. The van der Waals surface area contributed by atoms with Gasteiger partial charge in [0.15, 0.2) is 0 Å². The average molecular weight is 201 g/mol. The Kier molecular flexibility index (Phi) is 5.68. The van der Waals surface area contributed by atoms with E-state index in [-0.39, 0.29) is 0 Å².